The first-order valence-electron chi connectivity index (χ1n) is 4.86. The molecule has 0 saturated heterocycles. The van der Waals surface area contributed by atoms with Crippen LogP contribution in [0.15, 0.2) is 18.2 Å². The number of halogens is 1. The average Bonchev–Trinajstić information content (AvgIpc) is 2.27. The molecule has 0 aliphatic rings. The Bertz CT molecular complexity index is 399. The smallest absolute Gasteiger partial charge is 0.315 e. The van der Waals surface area contributed by atoms with Gasteiger partial charge in [0.2, 0.25) is 0 Å². The summed E-state index contributed by atoms with van der Waals surface area (Å²) in [5.74, 6) is 0.342. The van der Waals surface area contributed by atoms with Crippen LogP contribution in [0.4, 0.5) is 0 Å². The maximum Gasteiger partial charge on any atom is 0.315 e. The van der Waals surface area contributed by atoms with Crippen LogP contribution in [-0.4, -0.2) is 20.2 Å². The Labute approximate surface area is 100 Å². The van der Waals surface area contributed by atoms with Gasteiger partial charge in [-0.2, -0.15) is 0 Å². The van der Waals surface area contributed by atoms with Gasteiger partial charge in [0.25, 0.3) is 0 Å². The summed E-state index contributed by atoms with van der Waals surface area (Å²) in [6.45, 7) is 3.54. The fraction of sp³-hybridized carbons (Fsp3) is 0.417. The minimum Gasteiger partial charge on any atom is -0.497 e. The van der Waals surface area contributed by atoms with Crippen LogP contribution in [0.2, 0.25) is 5.02 Å². The third kappa shape index (κ3) is 2.30. The van der Waals surface area contributed by atoms with E-state index in [1.807, 2.05) is 0 Å². The van der Waals surface area contributed by atoms with Gasteiger partial charge >= 0.3 is 5.97 Å². The molecule has 16 heavy (non-hydrogen) atoms. The molecule has 0 aromatic heterocycles. The molecule has 1 aromatic rings. The first kappa shape index (κ1) is 12.8. The van der Waals surface area contributed by atoms with E-state index in [0.717, 1.165) is 5.56 Å². The minimum absolute atomic E-state index is 0.320. The largest absolute Gasteiger partial charge is 0.497 e. The molecule has 0 aliphatic heterocycles. The van der Waals surface area contributed by atoms with E-state index in [4.69, 9.17) is 21.1 Å². The van der Waals surface area contributed by atoms with Gasteiger partial charge in [-0.3, -0.25) is 4.79 Å². The van der Waals surface area contributed by atoms with E-state index < -0.39 is 5.41 Å². The molecule has 0 bridgehead atoms. The minimum atomic E-state index is -0.766. The van der Waals surface area contributed by atoms with Gasteiger partial charge in [-0.15, -0.1) is 0 Å². The Morgan fingerprint density at radius 2 is 1.94 bits per heavy atom. The Morgan fingerprint density at radius 3 is 2.38 bits per heavy atom. The van der Waals surface area contributed by atoms with E-state index in [2.05, 4.69) is 0 Å². The fourth-order valence-electron chi connectivity index (χ4n) is 1.49. The van der Waals surface area contributed by atoms with Crippen molar-refractivity contribution in [2.45, 2.75) is 19.3 Å². The number of ether oxygens (including phenoxy) is 2. The lowest BCUT2D eigenvalue weighted by Crippen LogP contribution is -2.30. The summed E-state index contributed by atoms with van der Waals surface area (Å²) in [5.41, 5.74) is -0.0419. The molecule has 0 saturated carbocycles. The van der Waals surface area contributed by atoms with Crippen molar-refractivity contribution in [2.75, 3.05) is 14.2 Å². The maximum absolute atomic E-state index is 11.6. The molecular formula is C12H15ClO3. The second kappa shape index (κ2) is 4.74. The molecule has 4 heteroatoms. The topological polar surface area (TPSA) is 35.5 Å². The van der Waals surface area contributed by atoms with Gasteiger partial charge in [-0.25, -0.2) is 0 Å². The van der Waals surface area contributed by atoms with Crippen molar-refractivity contribution in [3.8, 4) is 5.75 Å². The maximum atomic E-state index is 11.6. The number of rotatable bonds is 3. The third-order valence-electron chi connectivity index (χ3n) is 2.55. The molecular weight excluding hydrogens is 228 g/mol. The van der Waals surface area contributed by atoms with Crippen LogP contribution in [0.25, 0.3) is 0 Å². The number of hydrogen-bond donors (Lipinski definition) is 0. The first-order valence-corrected chi connectivity index (χ1v) is 5.23. The van der Waals surface area contributed by atoms with Gasteiger partial charge in [-0.05, 0) is 31.5 Å². The lowest BCUT2D eigenvalue weighted by Gasteiger charge is -2.23. The van der Waals surface area contributed by atoms with Crippen LogP contribution in [0.3, 0.4) is 0 Å². The molecule has 0 heterocycles. The van der Waals surface area contributed by atoms with Crippen molar-refractivity contribution in [3.05, 3.63) is 28.8 Å². The lowest BCUT2D eigenvalue weighted by atomic mass is 9.84. The van der Waals surface area contributed by atoms with Crippen LogP contribution in [-0.2, 0) is 14.9 Å². The molecule has 1 rings (SSSR count). The Balaban J connectivity index is 3.18. The van der Waals surface area contributed by atoms with Crippen molar-refractivity contribution < 1.29 is 14.3 Å². The second-order valence-corrected chi connectivity index (χ2v) is 4.37. The molecule has 1 aromatic carbocycles. The van der Waals surface area contributed by atoms with E-state index in [-0.39, 0.29) is 5.97 Å². The number of hydrogen-bond acceptors (Lipinski definition) is 3. The van der Waals surface area contributed by atoms with Crippen molar-refractivity contribution in [2.24, 2.45) is 0 Å². The zero-order valence-corrected chi connectivity index (χ0v) is 10.6. The normalized spacial score (nSPS) is 11.1. The average molecular weight is 243 g/mol. The van der Waals surface area contributed by atoms with Gasteiger partial charge in [0.15, 0.2) is 0 Å². The summed E-state index contributed by atoms with van der Waals surface area (Å²) in [7, 11) is 2.93. The van der Waals surface area contributed by atoms with Crippen molar-refractivity contribution in [1.29, 1.82) is 0 Å². The van der Waals surface area contributed by atoms with Crippen molar-refractivity contribution in [1.82, 2.24) is 0 Å². The molecule has 0 N–H and O–H groups in total. The number of esters is 1. The summed E-state index contributed by atoms with van der Waals surface area (Å²) < 4.78 is 9.80. The number of carbonyl (C=O) groups is 1. The lowest BCUT2D eigenvalue weighted by molar-refractivity contribution is -0.146. The summed E-state index contributed by atoms with van der Waals surface area (Å²) in [4.78, 5) is 11.6. The van der Waals surface area contributed by atoms with Gasteiger partial charge < -0.3 is 9.47 Å². The van der Waals surface area contributed by atoms with Crippen LogP contribution in [0.1, 0.15) is 19.4 Å². The predicted octanol–water partition coefficient (Wildman–Crippen LogP) is 2.80. The highest BCUT2D eigenvalue weighted by molar-refractivity contribution is 6.31. The summed E-state index contributed by atoms with van der Waals surface area (Å²) in [5, 5.41) is 0.495. The predicted molar refractivity (Wildman–Crippen MR) is 63.0 cm³/mol. The van der Waals surface area contributed by atoms with Crippen molar-refractivity contribution >= 4 is 17.6 Å². The Hall–Kier alpha value is -1.22. The van der Waals surface area contributed by atoms with E-state index >= 15 is 0 Å². The highest BCUT2D eigenvalue weighted by Gasteiger charge is 2.32. The summed E-state index contributed by atoms with van der Waals surface area (Å²) >= 11 is 6.11. The highest BCUT2D eigenvalue weighted by atomic mass is 35.5. The quantitative estimate of drug-likeness (QED) is 0.765. The molecule has 0 amide bonds. The fourth-order valence-corrected chi connectivity index (χ4v) is 1.90. The highest BCUT2D eigenvalue weighted by Crippen LogP contribution is 2.33. The van der Waals surface area contributed by atoms with Crippen LogP contribution in [0.5, 0.6) is 5.75 Å². The molecule has 0 spiro atoms. The van der Waals surface area contributed by atoms with Crippen LogP contribution < -0.4 is 4.74 Å². The molecule has 3 nitrogen and oxygen atoms in total. The molecule has 0 atom stereocenters. The zero-order chi connectivity index (χ0) is 12.3. The Kier molecular flexibility index (Phi) is 3.81. The van der Waals surface area contributed by atoms with E-state index in [0.29, 0.717) is 10.8 Å². The van der Waals surface area contributed by atoms with Crippen molar-refractivity contribution in [3.63, 3.8) is 0 Å². The van der Waals surface area contributed by atoms with Gasteiger partial charge in [-0.1, -0.05) is 17.7 Å². The second-order valence-electron chi connectivity index (χ2n) is 3.96. The van der Waals surface area contributed by atoms with Gasteiger partial charge in [0.05, 0.1) is 19.6 Å². The SMILES string of the molecule is COC(=O)C(C)(C)c1ccc(OC)cc1Cl. The van der Waals surface area contributed by atoms with Crippen LogP contribution in [0, 0.1) is 0 Å². The molecule has 0 unspecified atom stereocenters. The Morgan fingerprint density at radius 1 is 1.31 bits per heavy atom. The standard InChI is InChI=1S/C12H15ClO3/c1-12(2,11(14)16-4)9-6-5-8(15-3)7-10(9)13/h5-7H,1-4H3. The summed E-state index contributed by atoms with van der Waals surface area (Å²) in [6.07, 6.45) is 0. The molecule has 0 aliphatic carbocycles. The van der Waals surface area contributed by atoms with E-state index in [1.165, 1.54) is 7.11 Å². The number of methoxy groups -OCH3 is 2. The van der Waals surface area contributed by atoms with Gasteiger partial charge in [0, 0.05) is 5.02 Å². The number of carbonyl (C=O) groups excluding carboxylic acids is 1. The van der Waals surface area contributed by atoms with E-state index in [1.54, 1.807) is 39.2 Å². The summed E-state index contributed by atoms with van der Waals surface area (Å²) in [6, 6.07) is 5.23. The van der Waals surface area contributed by atoms with Gasteiger partial charge in [0.1, 0.15) is 5.75 Å². The van der Waals surface area contributed by atoms with E-state index in [9.17, 15) is 4.79 Å². The third-order valence-corrected chi connectivity index (χ3v) is 2.86. The molecule has 0 fully saturated rings. The zero-order valence-electron chi connectivity index (χ0n) is 9.83. The number of benzene rings is 1. The monoisotopic (exact) mass is 242 g/mol. The van der Waals surface area contributed by atoms with Crippen LogP contribution >= 0.6 is 11.6 Å². The molecule has 0 radical (unpaired) electrons. The first-order chi connectivity index (χ1) is 7.43. The molecule has 88 valence electrons.